The molecule has 20 heavy (non-hydrogen) atoms. The van der Waals surface area contributed by atoms with E-state index in [4.69, 9.17) is 11.6 Å². The Morgan fingerprint density at radius 1 is 1.40 bits per heavy atom. The number of hydrogen-bond donors (Lipinski definition) is 0. The highest BCUT2D eigenvalue weighted by atomic mass is 35.5. The molecular weight excluding hydrogens is 301 g/mol. The van der Waals surface area contributed by atoms with Crippen LogP contribution in [0.25, 0.3) is 0 Å². The minimum Gasteiger partial charge on any atom is -0.207 e. The number of rotatable bonds is 6. The first-order valence-electron chi connectivity index (χ1n) is 6.75. The van der Waals surface area contributed by atoms with Crippen molar-refractivity contribution in [3.63, 3.8) is 0 Å². The summed E-state index contributed by atoms with van der Waals surface area (Å²) in [7, 11) is -3.66. The van der Waals surface area contributed by atoms with Gasteiger partial charge in [-0.2, -0.15) is 4.31 Å². The molecule has 1 aromatic carbocycles. The van der Waals surface area contributed by atoms with Crippen LogP contribution >= 0.6 is 11.6 Å². The smallest absolute Gasteiger partial charge is 0.207 e. The van der Waals surface area contributed by atoms with Crippen LogP contribution in [0.4, 0.5) is 4.39 Å². The third-order valence-corrected chi connectivity index (χ3v) is 6.02. The predicted molar refractivity (Wildman–Crippen MR) is 77.9 cm³/mol. The molecule has 1 fully saturated rings. The fourth-order valence-electron chi connectivity index (χ4n) is 2.18. The summed E-state index contributed by atoms with van der Waals surface area (Å²) in [6, 6.07) is 2.77. The summed E-state index contributed by atoms with van der Waals surface area (Å²) < 4.78 is 40.7. The van der Waals surface area contributed by atoms with E-state index in [2.05, 4.69) is 0 Å². The number of halogens is 2. The molecule has 1 saturated carbocycles. The van der Waals surface area contributed by atoms with Crippen molar-refractivity contribution in [2.75, 3.05) is 13.1 Å². The third kappa shape index (κ3) is 3.15. The maximum Gasteiger partial charge on any atom is 0.243 e. The van der Waals surface area contributed by atoms with Crippen molar-refractivity contribution in [3.8, 4) is 0 Å². The second-order valence-corrected chi connectivity index (χ2v) is 7.41. The molecule has 0 saturated heterocycles. The number of sulfonamides is 1. The van der Waals surface area contributed by atoms with Crippen LogP contribution in [0, 0.1) is 18.7 Å². The topological polar surface area (TPSA) is 37.4 Å². The zero-order valence-electron chi connectivity index (χ0n) is 11.7. The third-order valence-electron chi connectivity index (χ3n) is 3.64. The molecule has 0 radical (unpaired) electrons. The van der Waals surface area contributed by atoms with Crippen LogP contribution in [-0.4, -0.2) is 25.8 Å². The fraction of sp³-hybridized carbons (Fsp3) is 0.571. The average molecular weight is 320 g/mol. The molecule has 1 aliphatic carbocycles. The molecule has 0 heterocycles. The lowest BCUT2D eigenvalue weighted by molar-refractivity contribution is 0.411. The number of hydrogen-bond acceptors (Lipinski definition) is 2. The van der Waals surface area contributed by atoms with Gasteiger partial charge in [-0.25, -0.2) is 12.8 Å². The zero-order valence-corrected chi connectivity index (χ0v) is 13.3. The van der Waals surface area contributed by atoms with Crippen molar-refractivity contribution in [1.29, 1.82) is 0 Å². The first-order chi connectivity index (χ1) is 9.40. The summed E-state index contributed by atoms with van der Waals surface area (Å²) in [5, 5.41) is 0. The van der Waals surface area contributed by atoms with Gasteiger partial charge in [0.2, 0.25) is 10.0 Å². The molecule has 0 N–H and O–H groups in total. The minimum absolute atomic E-state index is 0.0376. The van der Waals surface area contributed by atoms with Crippen molar-refractivity contribution >= 4 is 21.6 Å². The molecule has 3 nitrogen and oxygen atoms in total. The van der Waals surface area contributed by atoms with Crippen LogP contribution < -0.4 is 0 Å². The van der Waals surface area contributed by atoms with Crippen molar-refractivity contribution in [2.45, 2.75) is 37.5 Å². The molecule has 1 aliphatic rings. The Kier molecular flexibility index (Phi) is 4.72. The van der Waals surface area contributed by atoms with Crippen LogP contribution in [0.5, 0.6) is 0 Å². The molecule has 2 rings (SSSR count). The van der Waals surface area contributed by atoms with Gasteiger partial charge in [0.25, 0.3) is 0 Å². The highest BCUT2D eigenvalue weighted by molar-refractivity contribution is 7.89. The van der Waals surface area contributed by atoms with E-state index in [1.165, 1.54) is 23.4 Å². The molecule has 0 bridgehead atoms. The normalized spacial score (nSPS) is 15.8. The van der Waals surface area contributed by atoms with Gasteiger partial charge in [-0.3, -0.25) is 0 Å². The van der Waals surface area contributed by atoms with E-state index < -0.39 is 15.8 Å². The van der Waals surface area contributed by atoms with Gasteiger partial charge in [0.05, 0.1) is 4.90 Å². The summed E-state index contributed by atoms with van der Waals surface area (Å²) in [5.74, 6) is 0.0179. The second-order valence-electron chi connectivity index (χ2n) is 5.23. The van der Waals surface area contributed by atoms with E-state index in [-0.39, 0.29) is 16.3 Å². The van der Waals surface area contributed by atoms with Gasteiger partial charge in [0.15, 0.2) is 0 Å². The standard InChI is InChI=1S/C14H19ClFNO2S/c1-3-17(9-11-4-5-11)20(18,19)14-7-12(8-15)6-13(16)10(14)2/h6-7,11H,3-5,8-9H2,1-2H3. The predicted octanol–water partition coefficient (Wildman–Crippen LogP) is 3.29. The molecule has 0 aliphatic heterocycles. The van der Waals surface area contributed by atoms with Crippen LogP contribution in [0.3, 0.4) is 0 Å². The quantitative estimate of drug-likeness (QED) is 0.754. The Labute approximate surface area is 124 Å². The monoisotopic (exact) mass is 319 g/mol. The Morgan fingerprint density at radius 3 is 2.55 bits per heavy atom. The van der Waals surface area contributed by atoms with Crippen molar-refractivity contribution in [3.05, 3.63) is 29.1 Å². The van der Waals surface area contributed by atoms with E-state index in [1.54, 1.807) is 6.92 Å². The van der Waals surface area contributed by atoms with Crippen molar-refractivity contribution in [2.24, 2.45) is 5.92 Å². The average Bonchev–Trinajstić information content (AvgIpc) is 3.22. The van der Waals surface area contributed by atoms with Gasteiger partial charge in [0.1, 0.15) is 5.82 Å². The van der Waals surface area contributed by atoms with Crippen LogP contribution in [0.2, 0.25) is 0 Å². The van der Waals surface area contributed by atoms with Crippen molar-refractivity contribution < 1.29 is 12.8 Å². The molecular formula is C14H19ClFNO2S. The summed E-state index contributed by atoms with van der Waals surface area (Å²) >= 11 is 5.71. The molecule has 112 valence electrons. The number of nitrogens with zero attached hydrogens (tertiary/aromatic N) is 1. The van der Waals surface area contributed by atoms with Gasteiger partial charge >= 0.3 is 0 Å². The Bertz CT molecular complexity index is 599. The van der Waals surface area contributed by atoms with Crippen LogP contribution in [0.15, 0.2) is 17.0 Å². The Balaban J connectivity index is 2.43. The summed E-state index contributed by atoms with van der Waals surface area (Å²) in [4.78, 5) is 0.0376. The van der Waals surface area contributed by atoms with Gasteiger partial charge in [-0.1, -0.05) is 6.92 Å². The summed E-state index contributed by atoms with van der Waals surface area (Å²) in [5.41, 5.74) is 0.643. The molecule has 0 atom stereocenters. The first kappa shape index (κ1) is 15.7. The van der Waals surface area contributed by atoms with E-state index in [0.29, 0.717) is 24.6 Å². The summed E-state index contributed by atoms with van der Waals surface area (Å²) in [6.07, 6.45) is 2.14. The van der Waals surface area contributed by atoms with Crippen molar-refractivity contribution in [1.82, 2.24) is 4.31 Å². The molecule has 0 aromatic heterocycles. The molecule has 1 aromatic rings. The van der Waals surface area contributed by atoms with E-state index in [1.807, 2.05) is 0 Å². The number of benzene rings is 1. The van der Waals surface area contributed by atoms with Gasteiger partial charge in [0, 0.05) is 24.5 Å². The maximum atomic E-state index is 13.9. The second kappa shape index (κ2) is 6.00. The SMILES string of the molecule is CCN(CC1CC1)S(=O)(=O)c1cc(CCl)cc(F)c1C. The molecule has 0 amide bonds. The highest BCUT2D eigenvalue weighted by Gasteiger charge is 2.32. The Morgan fingerprint density at radius 2 is 2.05 bits per heavy atom. The van der Waals surface area contributed by atoms with Gasteiger partial charge in [-0.15, -0.1) is 11.6 Å². The molecule has 0 spiro atoms. The zero-order chi connectivity index (χ0) is 14.9. The van der Waals surface area contributed by atoms with E-state index in [0.717, 1.165) is 12.8 Å². The number of alkyl halides is 1. The van der Waals surface area contributed by atoms with Crippen LogP contribution in [-0.2, 0) is 15.9 Å². The highest BCUT2D eigenvalue weighted by Crippen LogP contribution is 2.32. The molecule has 0 unspecified atom stereocenters. The van der Waals surface area contributed by atoms with Gasteiger partial charge < -0.3 is 0 Å². The fourth-order valence-corrected chi connectivity index (χ4v) is 4.14. The lowest BCUT2D eigenvalue weighted by atomic mass is 10.1. The van der Waals surface area contributed by atoms with Gasteiger partial charge in [-0.05, 0) is 43.4 Å². The molecule has 6 heteroatoms. The van der Waals surface area contributed by atoms with Crippen LogP contribution in [0.1, 0.15) is 30.9 Å². The Hall–Kier alpha value is -0.650. The van der Waals surface area contributed by atoms with E-state index >= 15 is 0 Å². The first-order valence-corrected chi connectivity index (χ1v) is 8.72. The largest absolute Gasteiger partial charge is 0.243 e. The maximum absolute atomic E-state index is 13.9. The van der Waals surface area contributed by atoms with E-state index in [9.17, 15) is 12.8 Å². The summed E-state index contributed by atoms with van der Waals surface area (Å²) in [6.45, 7) is 4.21. The lowest BCUT2D eigenvalue weighted by Gasteiger charge is -2.22. The minimum atomic E-state index is -3.66. The lowest BCUT2D eigenvalue weighted by Crippen LogP contribution is -2.33.